The molecule has 1 heterocycles. The molecule has 0 aromatic heterocycles. The van der Waals surface area contributed by atoms with E-state index in [1.54, 1.807) is 4.90 Å². The quantitative estimate of drug-likeness (QED) is 0.771. The van der Waals surface area contributed by atoms with E-state index in [-0.39, 0.29) is 17.9 Å². The third-order valence-corrected chi connectivity index (χ3v) is 3.41. The van der Waals surface area contributed by atoms with E-state index in [4.69, 9.17) is 0 Å². The van der Waals surface area contributed by atoms with Crippen LogP contribution in [-0.4, -0.2) is 30.9 Å². The maximum atomic E-state index is 12.1. The zero-order chi connectivity index (χ0) is 11.7. The highest BCUT2D eigenvalue weighted by molar-refractivity contribution is 5.83. The minimum Gasteiger partial charge on any atom is -0.340 e. The van der Waals surface area contributed by atoms with Crippen molar-refractivity contribution in [3.05, 3.63) is 35.4 Å². The molecule has 1 aliphatic rings. The molecule has 2 unspecified atom stereocenters. The lowest BCUT2D eigenvalue weighted by molar-refractivity contribution is -0.132. The van der Waals surface area contributed by atoms with Crippen LogP contribution in [-0.2, 0) is 11.3 Å². The minimum absolute atomic E-state index is 0.117. The summed E-state index contributed by atoms with van der Waals surface area (Å²) in [6.07, 6.45) is 0. The summed E-state index contributed by atoms with van der Waals surface area (Å²) in [5.41, 5.74) is 2.53. The smallest absolute Gasteiger partial charge is 0.240 e. The summed E-state index contributed by atoms with van der Waals surface area (Å²) in [6.45, 7) is 2.81. The first-order valence-corrected chi connectivity index (χ1v) is 5.65. The molecule has 1 N–H and O–H groups in total. The monoisotopic (exact) mass is 218 g/mol. The number of likely N-dealkylation sites (N-methyl/N-ethyl adjacent to an activating group) is 2. The average Bonchev–Trinajstić information content (AvgIpc) is 2.37. The molecule has 3 nitrogen and oxygen atoms in total. The third kappa shape index (κ3) is 1.71. The van der Waals surface area contributed by atoms with Gasteiger partial charge in [0, 0.05) is 19.5 Å². The number of amides is 1. The molecule has 1 aliphatic heterocycles. The molecule has 0 saturated heterocycles. The third-order valence-electron chi connectivity index (χ3n) is 3.41. The van der Waals surface area contributed by atoms with Gasteiger partial charge in [-0.15, -0.1) is 0 Å². The molecule has 2 atom stereocenters. The van der Waals surface area contributed by atoms with Gasteiger partial charge in [0.2, 0.25) is 5.91 Å². The van der Waals surface area contributed by atoms with Gasteiger partial charge in [-0.05, 0) is 18.2 Å². The largest absolute Gasteiger partial charge is 0.340 e. The molecule has 0 radical (unpaired) electrons. The minimum atomic E-state index is -0.117. The lowest BCUT2D eigenvalue weighted by Gasteiger charge is -2.23. The summed E-state index contributed by atoms with van der Waals surface area (Å²) in [4.78, 5) is 13.9. The molecule has 0 bridgehead atoms. The molecule has 1 aromatic carbocycles. The number of nitrogens with zero attached hydrogens (tertiary/aromatic N) is 1. The molecule has 0 spiro atoms. The van der Waals surface area contributed by atoms with Crippen molar-refractivity contribution in [1.82, 2.24) is 10.2 Å². The SMILES string of the molecule is CNC1C(=O)N(C)Cc2ccccc2C1C. The standard InChI is InChI=1S/C13H18N2O/c1-9-11-7-5-4-6-10(11)8-15(3)13(16)12(9)14-2/h4-7,9,12,14H,8H2,1-3H3. The van der Waals surface area contributed by atoms with E-state index in [1.165, 1.54) is 11.1 Å². The first-order chi connectivity index (χ1) is 7.65. The summed E-state index contributed by atoms with van der Waals surface area (Å²) in [5, 5.41) is 3.12. The van der Waals surface area contributed by atoms with Gasteiger partial charge in [0.25, 0.3) is 0 Å². The van der Waals surface area contributed by atoms with Crippen LogP contribution in [0.25, 0.3) is 0 Å². The Kier molecular flexibility index (Phi) is 2.97. The van der Waals surface area contributed by atoms with Crippen LogP contribution >= 0.6 is 0 Å². The van der Waals surface area contributed by atoms with Crippen LogP contribution in [0.2, 0.25) is 0 Å². The van der Waals surface area contributed by atoms with Gasteiger partial charge in [-0.1, -0.05) is 31.2 Å². The van der Waals surface area contributed by atoms with Crippen molar-refractivity contribution in [2.24, 2.45) is 0 Å². The molecule has 0 fully saturated rings. The van der Waals surface area contributed by atoms with Crippen molar-refractivity contribution < 1.29 is 4.79 Å². The molecule has 1 amide bonds. The highest BCUT2D eigenvalue weighted by Crippen LogP contribution is 2.28. The summed E-state index contributed by atoms with van der Waals surface area (Å²) < 4.78 is 0. The number of carbonyl (C=O) groups is 1. The second-order valence-corrected chi connectivity index (χ2v) is 4.45. The summed E-state index contributed by atoms with van der Waals surface area (Å²) >= 11 is 0. The number of hydrogen-bond donors (Lipinski definition) is 1. The fourth-order valence-electron chi connectivity index (χ4n) is 2.46. The van der Waals surface area contributed by atoms with Crippen LogP contribution in [0, 0.1) is 0 Å². The number of fused-ring (bicyclic) bond motifs is 1. The number of benzene rings is 1. The Morgan fingerprint density at radius 3 is 2.75 bits per heavy atom. The molecule has 86 valence electrons. The van der Waals surface area contributed by atoms with Crippen molar-refractivity contribution in [2.45, 2.75) is 25.4 Å². The van der Waals surface area contributed by atoms with E-state index < -0.39 is 0 Å². The zero-order valence-electron chi connectivity index (χ0n) is 10.0. The van der Waals surface area contributed by atoms with Crippen molar-refractivity contribution >= 4 is 5.91 Å². The molecular weight excluding hydrogens is 200 g/mol. The molecule has 3 heteroatoms. The van der Waals surface area contributed by atoms with E-state index in [1.807, 2.05) is 26.2 Å². The van der Waals surface area contributed by atoms with Crippen LogP contribution in [0.15, 0.2) is 24.3 Å². The Morgan fingerprint density at radius 1 is 1.38 bits per heavy atom. The lowest BCUT2D eigenvalue weighted by Crippen LogP contribution is -2.44. The van der Waals surface area contributed by atoms with Gasteiger partial charge in [-0.2, -0.15) is 0 Å². The van der Waals surface area contributed by atoms with Crippen LogP contribution in [0.4, 0.5) is 0 Å². The maximum Gasteiger partial charge on any atom is 0.240 e. The van der Waals surface area contributed by atoms with Crippen LogP contribution in [0.1, 0.15) is 24.0 Å². The van der Waals surface area contributed by atoms with E-state index in [9.17, 15) is 4.79 Å². The Hall–Kier alpha value is -1.35. The van der Waals surface area contributed by atoms with Gasteiger partial charge < -0.3 is 10.2 Å². The first-order valence-electron chi connectivity index (χ1n) is 5.65. The highest BCUT2D eigenvalue weighted by Gasteiger charge is 2.31. The van der Waals surface area contributed by atoms with Crippen molar-refractivity contribution in [3.63, 3.8) is 0 Å². The van der Waals surface area contributed by atoms with Gasteiger partial charge in [0.1, 0.15) is 0 Å². The van der Waals surface area contributed by atoms with Gasteiger partial charge in [-0.3, -0.25) is 4.79 Å². The van der Waals surface area contributed by atoms with Crippen LogP contribution < -0.4 is 5.32 Å². The highest BCUT2D eigenvalue weighted by atomic mass is 16.2. The molecule has 2 rings (SSSR count). The van der Waals surface area contributed by atoms with Gasteiger partial charge >= 0.3 is 0 Å². The van der Waals surface area contributed by atoms with E-state index in [0.29, 0.717) is 6.54 Å². The Labute approximate surface area is 96.5 Å². The van der Waals surface area contributed by atoms with Crippen molar-refractivity contribution in [3.8, 4) is 0 Å². The molecule has 0 aliphatic carbocycles. The molecule has 0 saturated carbocycles. The van der Waals surface area contributed by atoms with Gasteiger partial charge in [0.05, 0.1) is 6.04 Å². The van der Waals surface area contributed by atoms with Crippen molar-refractivity contribution in [2.75, 3.05) is 14.1 Å². The van der Waals surface area contributed by atoms with E-state index >= 15 is 0 Å². The van der Waals surface area contributed by atoms with E-state index in [0.717, 1.165) is 0 Å². The van der Waals surface area contributed by atoms with Gasteiger partial charge in [-0.25, -0.2) is 0 Å². The predicted molar refractivity (Wildman–Crippen MR) is 64.2 cm³/mol. The fraction of sp³-hybridized carbons (Fsp3) is 0.462. The normalized spacial score (nSPS) is 25.2. The Morgan fingerprint density at radius 2 is 2.06 bits per heavy atom. The van der Waals surface area contributed by atoms with Crippen molar-refractivity contribution in [1.29, 1.82) is 0 Å². The number of nitrogens with one attached hydrogen (secondary N) is 1. The fourth-order valence-corrected chi connectivity index (χ4v) is 2.46. The van der Waals surface area contributed by atoms with Crippen LogP contribution in [0.3, 0.4) is 0 Å². The second-order valence-electron chi connectivity index (χ2n) is 4.45. The van der Waals surface area contributed by atoms with Crippen LogP contribution in [0.5, 0.6) is 0 Å². The molecule has 16 heavy (non-hydrogen) atoms. The van der Waals surface area contributed by atoms with E-state index in [2.05, 4.69) is 24.4 Å². The summed E-state index contributed by atoms with van der Waals surface area (Å²) in [5.74, 6) is 0.393. The van der Waals surface area contributed by atoms with Gasteiger partial charge in [0.15, 0.2) is 0 Å². The average molecular weight is 218 g/mol. The predicted octanol–water partition coefficient (Wildman–Crippen LogP) is 1.35. The summed E-state index contributed by atoms with van der Waals surface area (Å²) in [7, 11) is 3.71. The first kappa shape index (κ1) is 11.1. The molecular formula is C13H18N2O. The Bertz CT molecular complexity index is 403. The number of carbonyl (C=O) groups excluding carboxylic acids is 1. The topological polar surface area (TPSA) is 32.3 Å². The molecule has 1 aromatic rings. The zero-order valence-corrected chi connectivity index (χ0v) is 10.0. The number of hydrogen-bond acceptors (Lipinski definition) is 2. The maximum absolute atomic E-state index is 12.1. The number of rotatable bonds is 1. The summed E-state index contributed by atoms with van der Waals surface area (Å²) in [6, 6.07) is 8.18. The Balaban J connectivity index is 2.47. The lowest BCUT2D eigenvalue weighted by atomic mass is 9.91. The second kappa shape index (κ2) is 4.26.